The van der Waals surface area contributed by atoms with Crippen LogP contribution in [-0.4, -0.2) is 21.8 Å². The molecule has 0 aliphatic rings. The molecule has 96 valence electrons. The van der Waals surface area contributed by atoms with Crippen molar-refractivity contribution in [1.29, 1.82) is 0 Å². The molecule has 4 nitrogen and oxygen atoms in total. The van der Waals surface area contributed by atoms with Crippen molar-refractivity contribution in [3.8, 4) is 5.75 Å². The van der Waals surface area contributed by atoms with E-state index in [2.05, 4.69) is 11.9 Å². The third-order valence-electron chi connectivity index (χ3n) is 2.92. The smallest absolute Gasteiger partial charge is 0.125 e. The van der Waals surface area contributed by atoms with Crippen LogP contribution in [0.25, 0.3) is 0 Å². The van der Waals surface area contributed by atoms with Gasteiger partial charge in [0.15, 0.2) is 0 Å². The van der Waals surface area contributed by atoms with E-state index >= 15 is 0 Å². The van der Waals surface area contributed by atoms with Crippen LogP contribution in [0.15, 0.2) is 36.8 Å². The van der Waals surface area contributed by atoms with Crippen LogP contribution < -0.4 is 4.74 Å². The molecule has 2 aromatic rings. The zero-order valence-corrected chi connectivity index (χ0v) is 10.7. The Kier molecular flexibility index (Phi) is 3.99. The third kappa shape index (κ3) is 2.38. The van der Waals surface area contributed by atoms with Crippen LogP contribution in [0.2, 0.25) is 0 Å². The molecule has 2 rings (SSSR count). The molecule has 0 spiro atoms. The molecule has 1 aromatic carbocycles. The average Bonchev–Trinajstić information content (AvgIpc) is 2.86. The van der Waals surface area contributed by atoms with E-state index in [0.717, 1.165) is 24.2 Å². The first-order valence-corrected chi connectivity index (χ1v) is 6.09. The lowest BCUT2D eigenvalue weighted by molar-refractivity contribution is 0.204. The van der Waals surface area contributed by atoms with Crippen molar-refractivity contribution in [2.24, 2.45) is 0 Å². The second-order valence-corrected chi connectivity index (χ2v) is 4.16. The molecule has 0 aliphatic heterocycles. The first-order valence-electron chi connectivity index (χ1n) is 6.09. The quantitative estimate of drug-likeness (QED) is 0.881. The van der Waals surface area contributed by atoms with Gasteiger partial charge in [-0.25, -0.2) is 4.98 Å². The number of methoxy groups -OCH3 is 1. The second kappa shape index (κ2) is 5.69. The topological polar surface area (TPSA) is 47.3 Å². The molecule has 1 atom stereocenters. The van der Waals surface area contributed by atoms with E-state index in [4.69, 9.17) is 4.74 Å². The van der Waals surface area contributed by atoms with E-state index < -0.39 is 6.10 Å². The number of rotatable bonds is 5. The lowest BCUT2D eigenvalue weighted by atomic mass is 10.1. The largest absolute Gasteiger partial charge is 0.496 e. The van der Waals surface area contributed by atoms with E-state index in [0.29, 0.717) is 5.75 Å². The highest BCUT2D eigenvalue weighted by atomic mass is 16.5. The van der Waals surface area contributed by atoms with E-state index in [-0.39, 0.29) is 0 Å². The molecule has 0 fully saturated rings. The standard InChI is InChI=1S/C14H18N2O2/c1-3-8-16-10-15-9-12(16)14(17)11-6-4-5-7-13(11)18-2/h4-7,9-10,14,17H,3,8H2,1-2H3. The predicted octanol–water partition coefficient (Wildman–Crippen LogP) is 2.38. The minimum atomic E-state index is -0.713. The van der Waals surface area contributed by atoms with Crippen molar-refractivity contribution >= 4 is 0 Å². The van der Waals surface area contributed by atoms with E-state index in [1.54, 1.807) is 19.6 Å². The summed E-state index contributed by atoms with van der Waals surface area (Å²) in [5.74, 6) is 0.689. The molecule has 0 saturated carbocycles. The highest BCUT2D eigenvalue weighted by Crippen LogP contribution is 2.29. The summed E-state index contributed by atoms with van der Waals surface area (Å²) in [5.41, 5.74) is 1.55. The van der Waals surface area contributed by atoms with Crippen LogP contribution >= 0.6 is 0 Å². The molecule has 0 saturated heterocycles. The maximum absolute atomic E-state index is 10.5. The fraction of sp³-hybridized carbons (Fsp3) is 0.357. The fourth-order valence-corrected chi connectivity index (χ4v) is 2.04. The molecule has 18 heavy (non-hydrogen) atoms. The molecule has 0 amide bonds. The van der Waals surface area contributed by atoms with Crippen LogP contribution in [0.4, 0.5) is 0 Å². The van der Waals surface area contributed by atoms with Gasteiger partial charge in [-0.2, -0.15) is 0 Å². The minimum absolute atomic E-state index is 0.689. The monoisotopic (exact) mass is 246 g/mol. The Morgan fingerprint density at radius 3 is 2.89 bits per heavy atom. The highest BCUT2D eigenvalue weighted by molar-refractivity contribution is 5.38. The van der Waals surface area contributed by atoms with Crippen molar-refractivity contribution in [2.45, 2.75) is 26.0 Å². The fourth-order valence-electron chi connectivity index (χ4n) is 2.04. The molecular formula is C14H18N2O2. The van der Waals surface area contributed by atoms with Crippen LogP contribution in [0.5, 0.6) is 5.75 Å². The maximum atomic E-state index is 10.5. The first-order chi connectivity index (χ1) is 8.77. The van der Waals surface area contributed by atoms with Gasteiger partial charge in [-0.3, -0.25) is 0 Å². The minimum Gasteiger partial charge on any atom is -0.496 e. The maximum Gasteiger partial charge on any atom is 0.125 e. The average molecular weight is 246 g/mol. The summed E-state index contributed by atoms with van der Waals surface area (Å²) in [6, 6.07) is 7.49. The van der Waals surface area contributed by atoms with Gasteiger partial charge < -0.3 is 14.4 Å². The Morgan fingerprint density at radius 2 is 2.17 bits per heavy atom. The summed E-state index contributed by atoms with van der Waals surface area (Å²) in [6.45, 7) is 2.95. The van der Waals surface area contributed by atoms with Gasteiger partial charge in [0.2, 0.25) is 0 Å². The normalized spacial score (nSPS) is 12.4. The second-order valence-electron chi connectivity index (χ2n) is 4.16. The lowest BCUT2D eigenvalue weighted by Gasteiger charge is -2.16. The van der Waals surface area contributed by atoms with Gasteiger partial charge in [-0.15, -0.1) is 0 Å². The third-order valence-corrected chi connectivity index (χ3v) is 2.92. The molecule has 1 N–H and O–H groups in total. The summed E-state index contributed by atoms with van der Waals surface area (Å²) in [7, 11) is 1.61. The summed E-state index contributed by atoms with van der Waals surface area (Å²) >= 11 is 0. The number of para-hydroxylation sites is 1. The summed E-state index contributed by atoms with van der Waals surface area (Å²) < 4.78 is 7.24. The van der Waals surface area contributed by atoms with Gasteiger partial charge in [0.05, 0.1) is 25.3 Å². The van der Waals surface area contributed by atoms with Gasteiger partial charge in [0.1, 0.15) is 11.9 Å². The number of hydrogen-bond donors (Lipinski definition) is 1. The van der Waals surface area contributed by atoms with Crippen molar-refractivity contribution in [3.05, 3.63) is 48.0 Å². The SMILES string of the molecule is CCCn1cncc1C(O)c1ccccc1OC. The first kappa shape index (κ1) is 12.6. The molecule has 4 heteroatoms. The number of aryl methyl sites for hydroxylation is 1. The van der Waals surface area contributed by atoms with Gasteiger partial charge in [0.25, 0.3) is 0 Å². The van der Waals surface area contributed by atoms with Crippen molar-refractivity contribution in [3.63, 3.8) is 0 Å². The van der Waals surface area contributed by atoms with Crippen LogP contribution in [0.1, 0.15) is 30.7 Å². The van der Waals surface area contributed by atoms with Gasteiger partial charge in [-0.1, -0.05) is 25.1 Å². The zero-order chi connectivity index (χ0) is 13.0. The number of ether oxygens (including phenoxy) is 1. The number of aliphatic hydroxyl groups excluding tert-OH is 1. The molecule has 1 heterocycles. The summed E-state index contributed by atoms with van der Waals surface area (Å²) in [6.07, 6.45) is 3.74. The van der Waals surface area contributed by atoms with Crippen molar-refractivity contribution < 1.29 is 9.84 Å². The Bertz CT molecular complexity index is 508. The van der Waals surface area contributed by atoms with Crippen molar-refractivity contribution in [2.75, 3.05) is 7.11 Å². The molecule has 1 aromatic heterocycles. The number of hydrogen-bond acceptors (Lipinski definition) is 3. The Morgan fingerprint density at radius 1 is 1.39 bits per heavy atom. The van der Waals surface area contributed by atoms with E-state index in [1.165, 1.54) is 0 Å². The van der Waals surface area contributed by atoms with E-state index in [9.17, 15) is 5.11 Å². The Labute approximate surface area is 107 Å². The molecule has 0 radical (unpaired) electrons. The summed E-state index contributed by atoms with van der Waals surface area (Å²) in [5, 5.41) is 10.5. The van der Waals surface area contributed by atoms with Crippen molar-refractivity contribution in [1.82, 2.24) is 9.55 Å². The van der Waals surface area contributed by atoms with Crippen LogP contribution in [-0.2, 0) is 6.54 Å². The van der Waals surface area contributed by atoms with Crippen LogP contribution in [0.3, 0.4) is 0 Å². The van der Waals surface area contributed by atoms with Crippen LogP contribution in [0, 0.1) is 0 Å². The van der Waals surface area contributed by atoms with Gasteiger partial charge >= 0.3 is 0 Å². The number of imidazole rings is 1. The lowest BCUT2D eigenvalue weighted by Crippen LogP contribution is -2.09. The molecule has 0 aliphatic carbocycles. The molecular weight excluding hydrogens is 228 g/mol. The Balaban J connectivity index is 2.35. The van der Waals surface area contributed by atoms with Gasteiger partial charge in [-0.05, 0) is 12.5 Å². The summed E-state index contributed by atoms with van der Waals surface area (Å²) in [4.78, 5) is 4.10. The number of benzene rings is 1. The molecule has 0 bridgehead atoms. The Hall–Kier alpha value is -1.81. The zero-order valence-electron chi connectivity index (χ0n) is 10.7. The highest BCUT2D eigenvalue weighted by Gasteiger charge is 2.18. The number of nitrogens with zero attached hydrogens (tertiary/aromatic N) is 2. The van der Waals surface area contributed by atoms with E-state index in [1.807, 2.05) is 28.8 Å². The number of aromatic nitrogens is 2. The predicted molar refractivity (Wildman–Crippen MR) is 69.6 cm³/mol. The van der Waals surface area contributed by atoms with Gasteiger partial charge in [0, 0.05) is 12.1 Å². The number of aliphatic hydroxyl groups is 1. The molecule has 1 unspecified atom stereocenters.